The van der Waals surface area contributed by atoms with Crippen molar-refractivity contribution in [3.05, 3.63) is 23.3 Å². The van der Waals surface area contributed by atoms with Gasteiger partial charge in [0, 0.05) is 11.1 Å². The van der Waals surface area contributed by atoms with E-state index >= 15 is 0 Å². The number of fused-ring (bicyclic) bond motifs is 2. The van der Waals surface area contributed by atoms with E-state index in [0.717, 1.165) is 12.8 Å². The molecule has 2 saturated heterocycles. The standard InChI is InChI=1S/C20H28O6/c1-13-7-5-9-19(3)16(26-19)12-24-18(22)14(2)8-6-10-20(4)15(25-20)11-23-17(13)21/h7-8,15-16H,5-6,9-12H2,1-4H3/b13-7+,14-8+/t15-,16+,19+,20-. The van der Waals surface area contributed by atoms with E-state index in [0.29, 0.717) is 24.0 Å². The zero-order valence-corrected chi connectivity index (χ0v) is 16.0. The fourth-order valence-electron chi connectivity index (χ4n) is 3.29. The molecule has 26 heavy (non-hydrogen) atoms. The van der Waals surface area contributed by atoms with E-state index in [4.69, 9.17) is 18.9 Å². The van der Waals surface area contributed by atoms with Gasteiger partial charge in [0.25, 0.3) is 0 Å². The molecule has 6 nitrogen and oxygen atoms in total. The molecule has 0 unspecified atom stereocenters. The Bertz CT molecular complexity index is 595. The first-order valence-electron chi connectivity index (χ1n) is 9.27. The molecular formula is C20H28O6. The van der Waals surface area contributed by atoms with E-state index in [1.54, 1.807) is 13.8 Å². The Morgan fingerprint density at radius 3 is 1.58 bits per heavy atom. The lowest BCUT2D eigenvalue weighted by atomic mass is 10.0. The Morgan fingerprint density at radius 1 is 0.808 bits per heavy atom. The highest BCUT2D eigenvalue weighted by atomic mass is 16.6. The van der Waals surface area contributed by atoms with Crippen LogP contribution in [0.1, 0.15) is 53.4 Å². The van der Waals surface area contributed by atoms with Crippen molar-refractivity contribution in [2.24, 2.45) is 0 Å². The minimum Gasteiger partial charge on any atom is -0.459 e. The van der Waals surface area contributed by atoms with Crippen LogP contribution in [0, 0.1) is 0 Å². The maximum atomic E-state index is 12.1. The summed E-state index contributed by atoms with van der Waals surface area (Å²) in [6, 6.07) is 0. The Morgan fingerprint density at radius 2 is 1.19 bits per heavy atom. The van der Waals surface area contributed by atoms with Gasteiger partial charge in [0.1, 0.15) is 25.4 Å². The van der Waals surface area contributed by atoms with Gasteiger partial charge in [0.2, 0.25) is 0 Å². The third kappa shape index (κ3) is 4.35. The smallest absolute Gasteiger partial charge is 0.333 e. The van der Waals surface area contributed by atoms with Gasteiger partial charge in [-0.25, -0.2) is 9.59 Å². The third-order valence-electron chi connectivity index (χ3n) is 5.63. The van der Waals surface area contributed by atoms with E-state index in [2.05, 4.69) is 0 Å². The van der Waals surface area contributed by atoms with Gasteiger partial charge in [0.05, 0.1) is 11.2 Å². The van der Waals surface area contributed by atoms with Crippen LogP contribution in [0.2, 0.25) is 0 Å². The van der Waals surface area contributed by atoms with Crippen LogP contribution in [0.4, 0.5) is 0 Å². The summed E-state index contributed by atoms with van der Waals surface area (Å²) in [5.41, 5.74) is 0.597. The summed E-state index contributed by atoms with van der Waals surface area (Å²) in [6.45, 7) is 8.04. The Kier molecular flexibility index (Phi) is 5.26. The van der Waals surface area contributed by atoms with Crippen LogP contribution in [0.5, 0.6) is 0 Å². The lowest BCUT2D eigenvalue weighted by Crippen LogP contribution is -2.19. The number of ether oxygens (including phenoxy) is 4. The maximum Gasteiger partial charge on any atom is 0.333 e. The maximum absolute atomic E-state index is 12.1. The van der Waals surface area contributed by atoms with Crippen molar-refractivity contribution in [1.29, 1.82) is 0 Å². The minimum atomic E-state index is -0.299. The normalized spacial score (nSPS) is 43.1. The monoisotopic (exact) mass is 364 g/mol. The number of hydrogen-bond acceptors (Lipinski definition) is 6. The third-order valence-corrected chi connectivity index (χ3v) is 5.63. The Balaban J connectivity index is 1.64. The molecule has 4 atom stereocenters. The lowest BCUT2D eigenvalue weighted by Gasteiger charge is -2.09. The van der Waals surface area contributed by atoms with Gasteiger partial charge in [-0.3, -0.25) is 0 Å². The first-order chi connectivity index (χ1) is 12.2. The van der Waals surface area contributed by atoms with Gasteiger partial charge in [0.15, 0.2) is 0 Å². The van der Waals surface area contributed by atoms with E-state index in [-0.39, 0.29) is 48.6 Å². The second-order valence-electron chi connectivity index (χ2n) is 7.89. The first-order valence-corrected chi connectivity index (χ1v) is 9.27. The molecule has 6 heteroatoms. The van der Waals surface area contributed by atoms with E-state index in [9.17, 15) is 9.59 Å². The fraction of sp³-hybridized carbons (Fsp3) is 0.700. The molecule has 3 aliphatic rings. The van der Waals surface area contributed by atoms with Crippen LogP contribution in [-0.2, 0) is 28.5 Å². The summed E-state index contributed by atoms with van der Waals surface area (Å²) in [6.07, 6.45) is 6.52. The molecule has 0 radical (unpaired) electrons. The zero-order valence-electron chi connectivity index (χ0n) is 16.0. The van der Waals surface area contributed by atoms with Gasteiger partial charge in [-0.2, -0.15) is 0 Å². The quantitative estimate of drug-likeness (QED) is 0.486. The van der Waals surface area contributed by atoms with Gasteiger partial charge < -0.3 is 18.9 Å². The number of carbonyl (C=O) groups excluding carboxylic acids is 2. The van der Waals surface area contributed by atoms with Gasteiger partial charge in [-0.1, -0.05) is 12.2 Å². The Labute approximate surface area is 154 Å². The van der Waals surface area contributed by atoms with Crippen molar-refractivity contribution in [2.45, 2.75) is 76.8 Å². The average molecular weight is 364 g/mol. The minimum absolute atomic E-state index is 0.0849. The average Bonchev–Trinajstić information content (AvgIpc) is 3.45. The van der Waals surface area contributed by atoms with Crippen molar-refractivity contribution in [3.63, 3.8) is 0 Å². The Hall–Kier alpha value is -1.66. The van der Waals surface area contributed by atoms with E-state index < -0.39 is 0 Å². The molecule has 0 saturated carbocycles. The highest BCUT2D eigenvalue weighted by molar-refractivity contribution is 5.88. The summed E-state index contributed by atoms with van der Waals surface area (Å²) in [5.74, 6) is -0.598. The molecule has 0 aliphatic carbocycles. The van der Waals surface area contributed by atoms with Crippen molar-refractivity contribution < 1.29 is 28.5 Å². The SMILES string of the molecule is C/C1=C\CC[C@@]2(C)O[C@@H]2COC(=O)/C(C)=C/CC[C@]2(C)O[C@H]2COC1=O. The van der Waals surface area contributed by atoms with Gasteiger partial charge in [-0.15, -0.1) is 0 Å². The van der Waals surface area contributed by atoms with Gasteiger partial charge in [-0.05, 0) is 53.4 Å². The number of esters is 2. The van der Waals surface area contributed by atoms with Crippen LogP contribution in [0.15, 0.2) is 23.3 Å². The van der Waals surface area contributed by atoms with E-state index in [1.807, 2.05) is 26.0 Å². The van der Waals surface area contributed by atoms with Crippen molar-refractivity contribution in [2.75, 3.05) is 13.2 Å². The molecule has 0 N–H and O–H groups in total. The van der Waals surface area contributed by atoms with Gasteiger partial charge >= 0.3 is 11.9 Å². The molecular weight excluding hydrogens is 336 g/mol. The van der Waals surface area contributed by atoms with E-state index in [1.165, 1.54) is 0 Å². The zero-order chi connectivity index (χ0) is 18.9. The van der Waals surface area contributed by atoms with Crippen LogP contribution in [0.3, 0.4) is 0 Å². The molecule has 3 heterocycles. The molecule has 0 bridgehead atoms. The fourth-order valence-corrected chi connectivity index (χ4v) is 3.29. The molecule has 0 aromatic carbocycles. The van der Waals surface area contributed by atoms with Crippen LogP contribution in [0.25, 0.3) is 0 Å². The molecule has 0 aromatic rings. The summed E-state index contributed by atoms with van der Waals surface area (Å²) in [7, 11) is 0. The van der Waals surface area contributed by atoms with Crippen LogP contribution in [-0.4, -0.2) is 48.6 Å². The lowest BCUT2D eigenvalue weighted by molar-refractivity contribution is -0.140. The number of epoxide rings is 2. The highest BCUT2D eigenvalue weighted by Gasteiger charge is 2.53. The second-order valence-corrected chi connectivity index (χ2v) is 7.89. The van der Waals surface area contributed by atoms with Crippen LogP contribution < -0.4 is 0 Å². The highest BCUT2D eigenvalue weighted by Crippen LogP contribution is 2.42. The molecule has 0 spiro atoms. The number of hydrogen-bond donors (Lipinski definition) is 0. The largest absolute Gasteiger partial charge is 0.459 e. The molecule has 0 aromatic heterocycles. The number of cyclic esters (lactones) is 2. The molecule has 0 amide bonds. The predicted molar refractivity (Wildman–Crippen MR) is 94.5 cm³/mol. The summed E-state index contributed by atoms with van der Waals surface area (Å²) in [5, 5.41) is 0. The number of rotatable bonds is 0. The molecule has 2 fully saturated rings. The summed E-state index contributed by atoms with van der Waals surface area (Å²) < 4.78 is 22.1. The topological polar surface area (TPSA) is 77.7 Å². The van der Waals surface area contributed by atoms with Crippen molar-refractivity contribution in [3.8, 4) is 0 Å². The van der Waals surface area contributed by atoms with Crippen LogP contribution >= 0.6 is 0 Å². The number of allylic oxidation sites excluding steroid dienone is 2. The first kappa shape index (κ1) is 19.1. The number of carbonyl (C=O) groups is 2. The second kappa shape index (κ2) is 7.16. The molecule has 144 valence electrons. The molecule has 3 rings (SSSR count). The van der Waals surface area contributed by atoms with Crippen molar-refractivity contribution >= 4 is 11.9 Å². The summed E-state index contributed by atoms with van der Waals surface area (Å²) >= 11 is 0. The van der Waals surface area contributed by atoms with Crippen molar-refractivity contribution in [1.82, 2.24) is 0 Å². The summed E-state index contributed by atoms with van der Waals surface area (Å²) in [4.78, 5) is 24.2. The predicted octanol–water partition coefficient (Wildman–Crippen LogP) is 2.85. The molecule has 3 aliphatic heterocycles.